The van der Waals surface area contributed by atoms with Crippen LogP contribution in [0.5, 0.6) is 5.75 Å². The predicted octanol–water partition coefficient (Wildman–Crippen LogP) is 4.36. The minimum atomic E-state index is -2.99. The van der Waals surface area contributed by atoms with E-state index in [2.05, 4.69) is 4.74 Å². The summed E-state index contributed by atoms with van der Waals surface area (Å²) >= 11 is 5.92. The van der Waals surface area contributed by atoms with Gasteiger partial charge in [-0.1, -0.05) is 29.8 Å². The fraction of sp³-hybridized carbons (Fsp3) is 0.200. The van der Waals surface area contributed by atoms with Crippen LogP contribution in [0, 0.1) is 5.82 Å². The van der Waals surface area contributed by atoms with Gasteiger partial charge in [-0.3, -0.25) is 0 Å². The number of rotatable bonds is 5. The van der Waals surface area contributed by atoms with Gasteiger partial charge in [-0.15, -0.1) is 0 Å². The van der Waals surface area contributed by atoms with Crippen molar-refractivity contribution in [3.8, 4) is 5.75 Å². The Morgan fingerprint density at radius 1 is 1.14 bits per heavy atom. The van der Waals surface area contributed by atoms with Gasteiger partial charge in [0, 0.05) is 17.0 Å². The Labute approximate surface area is 124 Å². The molecule has 1 N–H and O–H groups in total. The van der Waals surface area contributed by atoms with Crippen LogP contribution in [-0.2, 0) is 6.42 Å². The number of benzene rings is 2. The highest BCUT2D eigenvalue weighted by Gasteiger charge is 2.17. The Hall–Kier alpha value is -1.72. The summed E-state index contributed by atoms with van der Waals surface area (Å²) in [4.78, 5) is 0. The summed E-state index contributed by atoms with van der Waals surface area (Å²) in [5.74, 6) is -0.605. The van der Waals surface area contributed by atoms with Crippen LogP contribution in [-0.4, -0.2) is 11.7 Å². The van der Waals surface area contributed by atoms with E-state index < -0.39 is 18.5 Å². The van der Waals surface area contributed by atoms with E-state index >= 15 is 0 Å². The zero-order valence-electron chi connectivity index (χ0n) is 10.8. The van der Waals surface area contributed by atoms with Crippen LogP contribution in [0.1, 0.15) is 17.2 Å². The van der Waals surface area contributed by atoms with Crippen LogP contribution < -0.4 is 4.74 Å². The second kappa shape index (κ2) is 6.83. The lowest BCUT2D eigenvalue weighted by Gasteiger charge is -2.16. The van der Waals surface area contributed by atoms with Crippen LogP contribution >= 0.6 is 11.6 Å². The summed E-state index contributed by atoms with van der Waals surface area (Å²) in [6, 6.07) is 9.68. The van der Waals surface area contributed by atoms with Crippen molar-refractivity contribution in [2.75, 3.05) is 0 Å². The number of ether oxygens (including phenoxy) is 1. The SMILES string of the molecule is OC(Cc1cc(F)ccc1Cl)c1ccccc1OC(F)F. The summed E-state index contributed by atoms with van der Waals surface area (Å²) < 4.78 is 42.2. The van der Waals surface area contributed by atoms with E-state index in [1.807, 2.05) is 0 Å². The summed E-state index contributed by atoms with van der Waals surface area (Å²) in [6.45, 7) is -2.99. The lowest BCUT2D eigenvalue weighted by atomic mass is 10.0. The molecule has 0 radical (unpaired) electrons. The zero-order chi connectivity index (χ0) is 15.4. The Kier molecular flexibility index (Phi) is 5.09. The third-order valence-electron chi connectivity index (χ3n) is 2.92. The van der Waals surface area contributed by atoms with Gasteiger partial charge in [-0.25, -0.2) is 4.39 Å². The van der Waals surface area contributed by atoms with Crippen LogP contribution in [0.25, 0.3) is 0 Å². The molecular formula is C15H12ClF3O2. The molecule has 0 spiro atoms. The molecule has 6 heteroatoms. The third kappa shape index (κ3) is 4.12. The van der Waals surface area contributed by atoms with Gasteiger partial charge in [0.15, 0.2) is 0 Å². The van der Waals surface area contributed by atoms with E-state index in [0.29, 0.717) is 10.6 Å². The average Bonchev–Trinajstić information content (AvgIpc) is 2.42. The first-order chi connectivity index (χ1) is 9.97. The first-order valence-electron chi connectivity index (χ1n) is 6.13. The topological polar surface area (TPSA) is 29.5 Å². The van der Waals surface area contributed by atoms with Crippen molar-refractivity contribution in [3.63, 3.8) is 0 Å². The summed E-state index contributed by atoms with van der Waals surface area (Å²) in [6.07, 6.45) is -1.15. The molecule has 0 saturated carbocycles. The molecule has 0 fully saturated rings. The van der Waals surface area contributed by atoms with Gasteiger partial charge in [-0.05, 0) is 29.8 Å². The highest BCUT2D eigenvalue weighted by Crippen LogP contribution is 2.30. The Bertz CT molecular complexity index is 620. The molecule has 0 bridgehead atoms. The van der Waals surface area contributed by atoms with E-state index in [4.69, 9.17) is 11.6 Å². The van der Waals surface area contributed by atoms with Crippen LogP contribution in [0.4, 0.5) is 13.2 Å². The molecule has 1 atom stereocenters. The van der Waals surface area contributed by atoms with E-state index in [0.717, 1.165) is 0 Å². The molecule has 0 aliphatic carbocycles. The maximum absolute atomic E-state index is 13.2. The smallest absolute Gasteiger partial charge is 0.387 e. The van der Waals surface area contributed by atoms with Crippen molar-refractivity contribution >= 4 is 11.6 Å². The summed E-state index contributed by atoms with van der Waals surface area (Å²) in [7, 11) is 0. The van der Waals surface area contributed by atoms with Crippen molar-refractivity contribution in [3.05, 3.63) is 64.4 Å². The van der Waals surface area contributed by atoms with Gasteiger partial charge < -0.3 is 9.84 Å². The standard InChI is InChI=1S/C15H12ClF3O2/c16-12-6-5-10(17)7-9(12)8-13(20)11-3-1-2-4-14(11)21-15(18)19/h1-7,13,15,20H,8H2. The molecular weight excluding hydrogens is 305 g/mol. The molecule has 0 aromatic heterocycles. The maximum Gasteiger partial charge on any atom is 0.387 e. The van der Waals surface area contributed by atoms with Crippen LogP contribution in [0.15, 0.2) is 42.5 Å². The Morgan fingerprint density at radius 2 is 1.86 bits per heavy atom. The maximum atomic E-state index is 13.2. The second-order valence-corrected chi connectivity index (χ2v) is 4.78. The lowest BCUT2D eigenvalue weighted by molar-refractivity contribution is -0.0515. The van der Waals surface area contributed by atoms with Crippen LogP contribution in [0.2, 0.25) is 5.02 Å². The molecule has 0 amide bonds. The van der Waals surface area contributed by atoms with Crippen molar-refractivity contribution in [2.24, 2.45) is 0 Å². The zero-order valence-corrected chi connectivity index (χ0v) is 11.5. The highest BCUT2D eigenvalue weighted by atomic mass is 35.5. The molecule has 0 aliphatic rings. The minimum Gasteiger partial charge on any atom is -0.434 e. The number of aliphatic hydroxyl groups excluding tert-OH is 1. The van der Waals surface area contributed by atoms with Crippen molar-refractivity contribution in [2.45, 2.75) is 19.1 Å². The number of hydrogen-bond acceptors (Lipinski definition) is 2. The highest BCUT2D eigenvalue weighted by molar-refractivity contribution is 6.31. The van der Waals surface area contributed by atoms with Gasteiger partial charge in [-0.2, -0.15) is 8.78 Å². The van der Waals surface area contributed by atoms with Gasteiger partial charge in [0.05, 0.1) is 6.10 Å². The van der Waals surface area contributed by atoms with E-state index in [1.165, 1.54) is 36.4 Å². The van der Waals surface area contributed by atoms with Gasteiger partial charge in [0.2, 0.25) is 0 Å². The average molecular weight is 317 g/mol. The van der Waals surface area contributed by atoms with E-state index in [1.54, 1.807) is 6.07 Å². The van der Waals surface area contributed by atoms with Crippen molar-refractivity contribution in [1.29, 1.82) is 0 Å². The van der Waals surface area contributed by atoms with Gasteiger partial charge >= 0.3 is 6.61 Å². The fourth-order valence-electron chi connectivity index (χ4n) is 1.98. The quantitative estimate of drug-likeness (QED) is 0.888. The largest absolute Gasteiger partial charge is 0.434 e. The molecule has 2 aromatic rings. The van der Waals surface area contributed by atoms with Crippen molar-refractivity contribution in [1.82, 2.24) is 0 Å². The minimum absolute atomic E-state index is 0.0137. The Morgan fingerprint density at radius 3 is 2.57 bits per heavy atom. The predicted molar refractivity (Wildman–Crippen MR) is 73.1 cm³/mol. The van der Waals surface area contributed by atoms with Crippen molar-refractivity contribution < 1.29 is 23.0 Å². The third-order valence-corrected chi connectivity index (χ3v) is 3.28. The molecule has 0 heterocycles. The number of halogens is 4. The van der Waals surface area contributed by atoms with E-state index in [-0.39, 0.29) is 17.7 Å². The molecule has 2 rings (SSSR count). The normalized spacial score (nSPS) is 12.5. The number of aliphatic hydroxyl groups is 1. The Balaban J connectivity index is 2.24. The second-order valence-electron chi connectivity index (χ2n) is 4.37. The number of para-hydroxylation sites is 1. The summed E-state index contributed by atoms with van der Waals surface area (Å²) in [5.41, 5.74) is 0.578. The molecule has 1 unspecified atom stereocenters. The molecule has 0 aliphatic heterocycles. The number of alkyl halides is 2. The van der Waals surface area contributed by atoms with Crippen LogP contribution in [0.3, 0.4) is 0 Å². The molecule has 2 nitrogen and oxygen atoms in total. The first kappa shape index (κ1) is 15.7. The lowest BCUT2D eigenvalue weighted by Crippen LogP contribution is -2.09. The van der Waals surface area contributed by atoms with E-state index in [9.17, 15) is 18.3 Å². The first-order valence-corrected chi connectivity index (χ1v) is 6.51. The van der Waals surface area contributed by atoms with Gasteiger partial charge in [0.1, 0.15) is 11.6 Å². The molecule has 0 saturated heterocycles. The fourth-order valence-corrected chi connectivity index (χ4v) is 2.17. The monoisotopic (exact) mass is 316 g/mol. The molecule has 2 aromatic carbocycles. The summed E-state index contributed by atoms with van der Waals surface area (Å²) in [5, 5.41) is 10.5. The molecule has 21 heavy (non-hydrogen) atoms. The molecule has 112 valence electrons. The number of hydrogen-bond donors (Lipinski definition) is 1. The van der Waals surface area contributed by atoms with Gasteiger partial charge in [0.25, 0.3) is 0 Å².